The average molecular weight is 538 g/mol. The minimum Gasteiger partial charge on any atom is -0.272 e. The van der Waals surface area contributed by atoms with E-state index in [1.54, 1.807) is 18.2 Å². The Morgan fingerprint density at radius 1 is 0.750 bits per heavy atom. The van der Waals surface area contributed by atoms with Crippen molar-refractivity contribution in [2.24, 2.45) is 22.0 Å². The zero-order valence-corrected chi connectivity index (χ0v) is 22.9. The molecule has 5 rings (SSSR count). The fourth-order valence-corrected chi connectivity index (χ4v) is 5.56. The molecule has 2 amide bonds. The Kier molecular flexibility index (Phi) is 7.30. The molecule has 0 radical (unpaired) electrons. The van der Waals surface area contributed by atoms with Gasteiger partial charge in [-0.2, -0.15) is 10.2 Å². The van der Waals surface area contributed by atoms with Crippen molar-refractivity contribution < 1.29 is 14.5 Å². The second kappa shape index (κ2) is 10.8. The standard InChI is InChI=1S/C31H31N5O4/c1-5-24-28(30(37)34(32-24)21-15-11-19(3)12-16-21)27(23-9-7-8-10-26(23)36(39)40)29-25(6-2)33-35(31(29)38)22-17-13-20(4)14-18-22/h7-18,27-29H,5-6H2,1-4H3. The predicted octanol–water partition coefficient (Wildman–Crippen LogP) is 6.15. The second-order valence-electron chi connectivity index (χ2n) is 10.2. The first-order valence-corrected chi connectivity index (χ1v) is 13.4. The molecule has 2 aliphatic heterocycles. The van der Waals surface area contributed by atoms with Gasteiger partial charge in [0.15, 0.2) is 0 Å². The normalized spacial score (nSPS) is 19.6. The second-order valence-corrected chi connectivity index (χ2v) is 10.2. The fraction of sp³-hybridized carbons (Fsp3) is 0.290. The lowest BCUT2D eigenvalue weighted by Crippen LogP contribution is -2.41. The molecule has 9 nitrogen and oxygen atoms in total. The number of carbonyl (C=O) groups excluding carboxylic acids is 2. The van der Waals surface area contributed by atoms with Gasteiger partial charge < -0.3 is 0 Å². The number of hydrogen-bond acceptors (Lipinski definition) is 6. The van der Waals surface area contributed by atoms with Gasteiger partial charge in [-0.05, 0) is 51.0 Å². The van der Waals surface area contributed by atoms with Crippen LogP contribution in [0.1, 0.15) is 49.3 Å². The highest BCUT2D eigenvalue weighted by Gasteiger charge is 2.52. The van der Waals surface area contributed by atoms with Gasteiger partial charge in [0.05, 0.1) is 39.6 Å². The van der Waals surface area contributed by atoms with Crippen LogP contribution in [0.4, 0.5) is 17.1 Å². The van der Waals surface area contributed by atoms with Crippen LogP contribution in [0.5, 0.6) is 0 Å². The summed E-state index contributed by atoms with van der Waals surface area (Å²) in [6, 6.07) is 21.3. The summed E-state index contributed by atoms with van der Waals surface area (Å²) in [6.45, 7) is 7.72. The number of nitro benzene ring substituents is 1. The number of hydrazone groups is 2. The quantitative estimate of drug-likeness (QED) is 0.253. The summed E-state index contributed by atoms with van der Waals surface area (Å²) in [5.74, 6) is -3.26. The summed E-state index contributed by atoms with van der Waals surface area (Å²) in [4.78, 5) is 40.1. The molecule has 2 aliphatic rings. The molecule has 0 bridgehead atoms. The molecular formula is C31H31N5O4. The number of amides is 2. The SMILES string of the molecule is CCC1=NN(c2ccc(C)cc2)C(=O)C1C(c1ccccc1[N+](=O)[O-])C1C(=O)N(c2ccc(C)cc2)N=C1CC. The highest BCUT2D eigenvalue weighted by atomic mass is 16.6. The van der Waals surface area contributed by atoms with Crippen LogP contribution in [0, 0.1) is 35.8 Å². The van der Waals surface area contributed by atoms with Crippen molar-refractivity contribution in [3.8, 4) is 0 Å². The Balaban J connectivity index is 1.66. The first-order chi connectivity index (χ1) is 19.2. The Morgan fingerprint density at radius 3 is 1.57 bits per heavy atom. The van der Waals surface area contributed by atoms with Crippen LogP contribution in [0.3, 0.4) is 0 Å². The van der Waals surface area contributed by atoms with Crippen molar-refractivity contribution in [2.75, 3.05) is 10.0 Å². The molecule has 0 saturated heterocycles. The van der Waals surface area contributed by atoms with E-state index in [0.717, 1.165) is 11.1 Å². The predicted molar refractivity (Wildman–Crippen MR) is 156 cm³/mol. The number of nitro groups is 1. The molecule has 0 aromatic heterocycles. The number of hydrogen-bond donors (Lipinski definition) is 0. The van der Waals surface area contributed by atoms with Gasteiger partial charge in [0.25, 0.3) is 17.5 Å². The topological polar surface area (TPSA) is 108 Å². The number of benzene rings is 3. The van der Waals surface area contributed by atoms with Crippen LogP contribution in [0.2, 0.25) is 0 Å². The van der Waals surface area contributed by atoms with Crippen molar-refractivity contribution in [2.45, 2.75) is 46.5 Å². The number of nitrogens with zero attached hydrogens (tertiary/aromatic N) is 5. The molecule has 0 N–H and O–H groups in total. The molecule has 9 heteroatoms. The molecule has 0 aliphatic carbocycles. The van der Waals surface area contributed by atoms with Gasteiger partial charge in [-0.3, -0.25) is 19.7 Å². The minimum absolute atomic E-state index is 0.137. The van der Waals surface area contributed by atoms with Crippen LogP contribution >= 0.6 is 0 Å². The number of anilines is 2. The zero-order valence-electron chi connectivity index (χ0n) is 22.9. The van der Waals surface area contributed by atoms with Crippen LogP contribution in [0.25, 0.3) is 0 Å². The van der Waals surface area contributed by atoms with E-state index >= 15 is 0 Å². The molecule has 0 spiro atoms. The first kappa shape index (κ1) is 26.9. The maximum Gasteiger partial charge on any atom is 0.272 e. The van der Waals surface area contributed by atoms with Gasteiger partial charge in [0.2, 0.25) is 0 Å². The molecule has 0 saturated carbocycles. The third-order valence-electron chi connectivity index (χ3n) is 7.62. The minimum atomic E-state index is -0.879. The van der Waals surface area contributed by atoms with Crippen molar-refractivity contribution in [1.82, 2.24) is 0 Å². The van der Waals surface area contributed by atoms with Gasteiger partial charge in [-0.25, -0.2) is 10.0 Å². The lowest BCUT2D eigenvalue weighted by Gasteiger charge is -2.29. The summed E-state index contributed by atoms with van der Waals surface area (Å²) in [6.07, 6.45) is 0.883. The van der Waals surface area contributed by atoms with E-state index < -0.39 is 22.7 Å². The van der Waals surface area contributed by atoms with Crippen molar-refractivity contribution in [3.63, 3.8) is 0 Å². The van der Waals surface area contributed by atoms with Crippen LogP contribution in [-0.2, 0) is 9.59 Å². The Bertz CT molecular complexity index is 1440. The molecule has 3 aromatic rings. The van der Waals surface area contributed by atoms with E-state index in [0.29, 0.717) is 41.2 Å². The van der Waals surface area contributed by atoms with E-state index in [1.165, 1.54) is 16.1 Å². The molecular weight excluding hydrogens is 506 g/mol. The monoisotopic (exact) mass is 537 g/mol. The number of para-hydroxylation sites is 1. The van der Waals surface area contributed by atoms with Crippen molar-refractivity contribution in [3.05, 3.63) is 99.6 Å². The van der Waals surface area contributed by atoms with Gasteiger partial charge in [-0.1, -0.05) is 67.4 Å². The fourth-order valence-electron chi connectivity index (χ4n) is 5.56. The van der Waals surface area contributed by atoms with Crippen LogP contribution < -0.4 is 10.0 Å². The Morgan fingerprint density at radius 2 is 1.18 bits per heavy atom. The lowest BCUT2D eigenvalue weighted by molar-refractivity contribution is -0.385. The summed E-state index contributed by atoms with van der Waals surface area (Å²) in [5.41, 5.74) is 4.63. The van der Waals surface area contributed by atoms with E-state index in [-0.39, 0.29) is 17.5 Å². The van der Waals surface area contributed by atoms with E-state index in [2.05, 4.69) is 10.2 Å². The summed E-state index contributed by atoms with van der Waals surface area (Å²) >= 11 is 0. The number of rotatable bonds is 8. The molecule has 40 heavy (non-hydrogen) atoms. The maximum absolute atomic E-state index is 14.2. The first-order valence-electron chi connectivity index (χ1n) is 13.4. The van der Waals surface area contributed by atoms with Gasteiger partial charge in [0, 0.05) is 17.5 Å². The third kappa shape index (κ3) is 4.68. The largest absolute Gasteiger partial charge is 0.272 e. The summed E-state index contributed by atoms with van der Waals surface area (Å²) in [5, 5.41) is 24.3. The van der Waals surface area contributed by atoms with Gasteiger partial charge in [-0.15, -0.1) is 0 Å². The highest BCUT2D eigenvalue weighted by Crippen LogP contribution is 2.46. The Hall–Kier alpha value is -4.66. The van der Waals surface area contributed by atoms with Crippen LogP contribution in [-0.4, -0.2) is 28.2 Å². The summed E-state index contributed by atoms with van der Waals surface area (Å²) in [7, 11) is 0. The summed E-state index contributed by atoms with van der Waals surface area (Å²) < 4.78 is 0. The molecule has 3 aromatic carbocycles. The highest BCUT2D eigenvalue weighted by molar-refractivity contribution is 6.20. The number of aryl methyl sites for hydroxylation is 2. The molecule has 0 fully saturated rings. The molecule has 2 heterocycles. The smallest absolute Gasteiger partial charge is 0.272 e. The lowest BCUT2D eigenvalue weighted by atomic mass is 9.71. The number of carbonyl (C=O) groups is 2. The molecule has 2 unspecified atom stereocenters. The molecule has 2 atom stereocenters. The van der Waals surface area contributed by atoms with Crippen molar-refractivity contribution >= 4 is 40.3 Å². The average Bonchev–Trinajstić information content (AvgIpc) is 3.46. The van der Waals surface area contributed by atoms with Crippen LogP contribution in [0.15, 0.2) is 83.0 Å². The van der Waals surface area contributed by atoms with E-state index in [9.17, 15) is 19.7 Å². The Labute approximate surface area is 233 Å². The van der Waals surface area contributed by atoms with Gasteiger partial charge in [0.1, 0.15) is 0 Å². The molecule has 204 valence electrons. The van der Waals surface area contributed by atoms with Crippen molar-refractivity contribution in [1.29, 1.82) is 0 Å². The third-order valence-corrected chi connectivity index (χ3v) is 7.62. The van der Waals surface area contributed by atoms with E-state index in [4.69, 9.17) is 0 Å². The maximum atomic E-state index is 14.2. The van der Waals surface area contributed by atoms with E-state index in [1.807, 2.05) is 76.2 Å². The van der Waals surface area contributed by atoms with Gasteiger partial charge >= 0.3 is 0 Å². The zero-order chi connectivity index (χ0) is 28.6.